The van der Waals surface area contributed by atoms with E-state index < -0.39 is 70.3 Å². The van der Waals surface area contributed by atoms with Crippen molar-refractivity contribution in [3.05, 3.63) is 47.5 Å². The van der Waals surface area contributed by atoms with E-state index >= 15 is 0 Å². The van der Waals surface area contributed by atoms with Crippen molar-refractivity contribution in [3.63, 3.8) is 0 Å². The zero-order valence-electron chi connectivity index (χ0n) is 26.2. The van der Waals surface area contributed by atoms with Crippen molar-refractivity contribution >= 4 is 47.8 Å². The van der Waals surface area contributed by atoms with Gasteiger partial charge in [-0.2, -0.15) is 0 Å². The first-order valence-electron chi connectivity index (χ1n) is 13.6. The van der Waals surface area contributed by atoms with Crippen LogP contribution in [0, 0.1) is 0 Å². The lowest BCUT2D eigenvalue weighted by molar-refractivity contribution is 0.0392. The van der Waals surface area contributed by atoms with Gasteiger partial charge in [-0.25, -0.2) is 28.8 Å². The first-order valence-corrected chi connectivity index (χ1v) is 13.6. The second kappa shape index (κ2) is 15.4. The fraction of sp³-hybridized carbons (Fsp3) is 0.400. The molecule has 45 heavy (non-hydrogen) atoms. The highest BCUT2D eigenvalue weighted by atomic mass is 16.7. The van der Waals surface area contributed by atoms with E-state index in [9.17, 15) is 28.8 Å². The molecule has 2 amide bonds. The Balaban J connectivity index is 2.38. The highest BCUT2D eigenvalue weighted by Gasteiger charge is 2.26. The molecule has 0 heterocycles. The van der Waals surface area contributed by atoms with Crippen molar-refractivity contribution in [2.45, 2.75) is 66.6 Å². The van der Waals surface area contributed by atoms with E-state index in [-0.39, 0.29) is 24.6 Å². The number of benzene rings is 2. The lowest BCUT2D eigenvalue weighted by Gasteiger charge is -2.20. The number of hydrogen-bond acceptors (Lipinski definition) is 13. The molecule has 0 aliphatic heterocycles. The smallest absolute Gasteiger partial charge is 0.444 e. The highest BCUT2D eigenvalue weighted by Crippen LogP contribution is 2.29. The van der Waals surface area contributed by atoms with Crippen LogP contribution in [-0.4, -0.2) is 60.9 Å². The van der Waals surface area contributed by atoms with Crippen molar-refractivity contribution < 1.29 is 61.9 Å². The molecule has 0 saturated carbocycles. The number of ether oxygens (including phenoxy) is 7. The summed E-state index contributed by atoms with van der Waals surface area (Å²) in [6.07, 6.45) is -4.00. The van der Waals surface area contributed by atoms with E-state index in [0.717, 1.165) is 24.3 Å². The number of anilines is 2. The van der Waals surface area contributed by atoms with Gasteiger partial charge < -0.3 is 33.2 Å². The summed E-state index contributed by atoms with van der Waals surface area (Å²) in [5.41, 5.74) is -2.27. The molecule has 2 aromatic rings. The van der Waals surface area contributed by atoms with Gasteiger partial charge in [0, 0.05) is 23.5 Å². The predicted molar refractivity (Wildman–Crippen MR) is 158 cm³/mol. The first kappa shape index (κ1) is 35.9. The van der Waals surface area contributed by atoms with Gasteiger partial charge in [-0.3, -0.25) is 10.6 Å². The molecule has 0 atom stereocenters. The van der Waals surface area contributed by atoms with Crippen LogP contribution in [0.4, 0.5) is 30.6 Å². The summed E-state index contributed by atoms with van der Waals surface area (Å²) in [7, 11) is 0. The standard InChI is InChI=1S/C30H36N2O13/c1-9-39-27(37)41-21-15-17(31-25(35)44-29(3,4)5)11-13-19(21)23(33)43-24(34)20-14-12-18(32-26(36)45-30(6,7)8)16-22(20)42-28(38)40-10-2/h11-16H,9-10H2,1-8H3,(H,31,35)(H,32,36). The number of esters is 2. The summed E-state index contributed by atoms with van der Waals surface area (Å²) in [6, 6.07) is 7.04. The maximum atomic E-state index is 13.1. The van der Waals surface area contributed by atoms with Gasteiger partial charge in [0.1, 0.15) is 22.3 Å². The summed E-state index contributed by atoms with van der Waals surface area (Å²) < 4.78 is 35.1. The fourth-order valence-corrected chi connectivity index (χ4v) is 3.22. The Bertz CT molecular complexity index is 1330. The van der Waals surface area contributed by atoms with Gasteiger partial charge >= 0.3 is 36.4 Å². The van der Waals surface area contributed by atoms with Crippen molar-refractivity contribution in [2.24, 2.45) is 0 Å². The Labute approximate surface area is 259 Å². The zero-order chi connectivity index (χ0) is 33.9. The van der Waals surface area contributed by atoms with E-state index in [4.69, 9.17) is 33.2 Å². The third kappa shape index (κ3) is 12.4. The molecule has 0 aliphatic carbocycles. The van der Waals surface area contributed by atoms with Crippen molar-refractivity contribution in [1.82, 2.24) is 0 Å². The van der Waals surface area contributed by atoms with Gasteiger partial charge in [-0.15, -0.1) is 0 Å². The van der Waals surface area contributed by atoms with Crippen LogP contribution in [0.2, 0.25) is 0 Å². The lowest BCUT2D eigenvalue weighted by atomic mass is 10.1. The molecule has 0 radical (unpaired) electrons. The normalized spacial score (nSPS) is 10.9. The Morgan fingerprint density at radius 2 is 0.956 bits per heavy atom. The SMILES string of the molecule is CCOC(=O)Oc1cc(NC(=O)OC(C)(C)C)ccc1C(=O)OC(=O)c1ccc(NC(=O)OC(C)(C)C)cc1OC(=O)OCC. The van der Waals surface area contributed by atoms with Crippen molar-refractivity contribution in [1.29, 1.82) is 0 Å². The number of nitrogens with one attached hydrogen (secondary N) is 2. The minimum atomic E-state index is -1.28. The molecule has 2 aromatic carbocycles. The maximum Gasteiger partial charge on any atom is 0.513 e. The second-order valence-electron chi connectivity index (χ2n) is 10.9. The number of rotatable bonds is 8. The van der Waals surface area contributed by atoms with Crippen molar-refractivity contribution in [2.75, 3.05) is 23.8 Å². The molecule has 2 rings (SSSR count). The van der Waals surface area contributed by atoms with E-state index in [0.29, 0.717) is 0 Å². The lowest BCUT2D eigenvalue weighted by Crippen LogP contribution is -2.27. The molecule has 0 aromatic heterocycles. The van der Waals surface area contributed by atoms with Crippen LogP contribution < -0.4 is 20.1 Å². The molecule has 244 valence electrons. The Morgan fingerprint density at radius 1 is 0.600 bits per heavy atom. The van der Waals surface area contributed by atoms with Crippen LogP contribution in [0.25, 0.3) is 0 Å². The molecule has 2 N–H and O–H groups in total. The Hall–Kier alpha value is -5.34. The summed E-state index contributed by atoms with van der Waals surface area (Å²) in [4.78, 5) is 74.7. The van der Waals surface area contributed by atoms with E-state index in [2.05, 4.69) is 10.6 Å². The molecular formula is C30H36N2O13. The van der Waals surface area contributed by atoms with Gasteiger partial charge in [-0.1, -0.05) is 0 Å². The average Bonchev–Trinajstić information content (AvgIpc) is 2.86. The summed E-state index contributed by atoms with van der Waals surface area (Å²) in [6.45, 7) is 12.9. The van der Waals surface area contributed by atoms with Gasteiger partial charge in [0.2, 0.25) is 0 Å². The van der Waals surface area contributed by atoms with Gasteiger partial charge in [0.15, 0.2) is 11.5 Å². The summed E-state index contributed by atoms with van der Waals surface area (Å²) in [5, 5.41) is 4.86. The number of hydrogen-bond donors (Lipinski definition) is 2. The van der Waals surface area contributed by atoms with Crippen LogP contribution in [0.5, 0.6) is 11.5 Å². The fourth-order valence-electron chi connectivity index (χ4n) is 3.22. The van der Waals surface area contributed by atoms with Gasteiger partial charge in [0.05, 0.1) is 13.2 Å². The molecular weight excluding hydrogens is 596 g/mol. The third-order valence-electron chi connectivity index (χ3n) is 4.79. The van der Waals surface area contributed by atoms with E-state index in [1.807, 2.05) is 0 Å². The second-order valence-corrected chi connectivity index (χ2v) is 10.9. The third-order valence-corrected chi connectivity index (χ3v) is 4.79. The average molecular weight is 633 g/mol. The monoisotopic (exact) mass is 632 g/mol. The van der Waals surface area contributed by atoms with Gasteiger partial charge in [0.25, 0.3) is 0 Å². The zero-order valence-corrected chi connectivity index (χ0v) is 26.2. The molecule has 0 fully saturated rings. The number of carbonyl (C=O) groups is 6. The number of amides is 2. The van der Waals surface area contributed by atoms with Crippen LogP contribution in [0.15, 0.2) is 36.4 Å². The van der Waals surface area contributed by atoms with E-state index in [1.165, 1.54) is 26.0 Å². The van der Waals surface area contributed by atoms with Crippen LogP contribution in [-0.2, 0) is 23.7 Å². The maximum absolute atomic E-state index is 13.1. The van der Waals surface area contributed by atoms with Gasteiger partial charge in [-0.05, 0) is 79.7 Å². The topological polar surface area (TPSA) is 191 Å². The molecule has 0 unspecified atom stereocenters. The Morgan fingerprint density at radius 3 is 1.27 bits per heavy atom. The van der Waals surface area contributed by atoms with Crippen molar-refractivity contribution in [3.8, 4) is 11.5 Å². The molecule has 15 nitrogen and oxygen atoms in total. The van der Waals surface area contributed by atoms with E-state index in [1.54, 1.807) is 41.5 Å². The summed E-state index contributed by atoms with van der Waals surface area (Å²) >= 11 is 0. The highest BCUT2D eigenvalue weighted by molar-refractivity contribution is 6.06. The summed E-state index contributed by atoms with van der Waals surface area (Å²) in [5.74, 6) is -3.39. The molecule has 0 aliphatic rings. The van der Waals surface area contributed by atoms with Crippen LogP contribution in [0.3, 0.4) is 0 Å². The Kier molecular flexibility index (Phi) is 12.3. The molecule has 15 heteroatoms. The number of carbonyl (C=O) groups excluding carboxylic acids is 6. The minimum absolute atomic E-state index is 0.0467. The minimum Gasteiger partial charge on any atom is -0.444 e. The quantitative estimate of drug-likeness (QED) is 0.140. The largest absolute Gasteiger partial charge is 0.513 e. The first-order chi connectivity index (χ1) is 20.9. The predicted octanol–water partition coefficient (Wildman–Crippen LogP) is 6.45. The van der Waals surface area contributed by atoms with Crippen LogP contribution in [0.1, 0.15) is 76.1 Å². The van der Waals surface area contributed by atoms with Crippen LogP contribution >= 0.6 is 0 Å². The molecule has 0 saturated heterocycles. The molecule has 0 bridgehead atoms. The molecule has 0 spiro atoms.